The van der Waals surface area contributed by atoms with Gasteiger partial charge >= 0.3 is 0 Å². The highest BCUT2D eigenvalue weighted by atomic mass is 16.1. The minimum absolute atomic E-state index is 0.144. The van der Waals surface area contributed by atoms with Gasteiger partial charge in [-0.25, -0.2) is 4.98 Å². The van der Waals surface area contributed by atoms with Crippen molar-refractivity contribution in [2.24, 2.45) is 0 Å². The lowest BCUT2D eigenvalue weighted by Crippen LogP contribution is -2.34. The highest BCUT2D eigenvalue weighted by molar-refractivity contribution is 5.89. The first-order chi connectivity index (χ1) is 14.4. The van der Waals surface area contributed by atoms with Crippen LogP contribution in [0.4, 0.5) is 11.4 Å². The minimum Gasteiger partial charge on any atom is -0.361 e. The van der Waals surface area contributed by atoms with Gasteiger partial charge in [0.1, 0.15) is 6.07 Å². The number of aryl methyl sites for hydroxylation is 1. The van der Waals surface area contributed by atoms with E-state index in [0.717, 1.165) is 11.3 Å². The number of nitrogens with zero attached hydrogens (tertiary/aromatic N) is 3. The van der Waals surface area contributed by atoms with Crippen molar-refractivity contribution >= 4 is 40.2 Å². The zero-order chi connectivity index (χ0) is 21.4. The Morgan fingerprint density at radius 3 is 2.50 bits per heavy atom. The Bertz CT molecular complexity index is 1460. The topological polar surface area (TPSA) is 99.3 Å². The third-order valence-corrected chi connectivity index (χ3v) is 4.95. The number of pyridine rings is 1. The van der Waals surface area contributed by atoms with Gasteiger partial charge in [0.15, 0.2) is 5.65 Å². The summed E-state index contributed by atoms with van der Waals surface area (Å²) in [6.07, 6.45) is 1.60. The van der Waals surface area contributed by atoms with Crippen LogP contribution in [0.3, 0.4) is 0 Å². The molecule has 0 atom stereocenters. The summed E-state index contributed by atoms with van der Waals surface area (Å²) in [5.74, 6) is -0.144. The monoisotopic (exact) mass is 397 g/mol. The van der Waals surface area contributed by atoms with Crippen molar-refractivity contribution in [2.75, 3.05) is 10.6 Å². The smallest absolute Gasteiger partial charge is 0.265 e. The van der Waals surface area contributed by atoms with Gasteiger partial charge in [-0.2, -0.15) is 5.26 Å². The van der Waals surface area contributed by atoms with E-state index in [1.807, 2.05) is 25.1 Å². The number of amides is 1. The average Bonchev–Trinajstić information content (AvgIpc) is 3.07. The molecule has 0 unspecified atom stereocenters. The molecule has 1 amide bonds. The summed E-state index contributed by atoms with van der Waals surface area (Å²) in [7, 11) is 0. The maximum atomic E-state index is 13.3. The summed E-state index contributed by atoms with van der Waals surface area (Å²) in [5.41, 5.74) is 4.89. The van der Waals surface area contributed by atoms with Crippen LogP contribution in [0, 0.1) is 25.2 Å². The summed E-state index contributed by atoms with van der Waals surface area (Å²) >= 11 is 0. The molecule has 2 heterocycles. The van der Waals surface area contributed by atoms with E-state index >= 15 is 0 Å². The van der Waals surface area contributed by atoms with Gasteiger partial charge in [0.05, 0.1) is 21.8 Å². The molecule has 2 N–H and O–H groups in total. The fraction of sp³-hybridized carbons (Fsp3) is 0.130. The van der Waals surface area contributed by atoms with E-state index in [1.54, 1.807) is 37.4 Å². The Balaban J connectivity index is 1.86. The zero-order valence-electron chi connectivity index (χ0n) is 16.8. The SMILES string of the molecule is CC(=O)Nc1ccc(N/C=c2\c(C)c(C#N)c3nc4cc(C)ccc4n3c2=O)cc1. The Kier molecular flexibility index (Phi) is 4.68. The molecule has 0 fully saturated rings. The molecule has 0 saturated heterocycles. The van der Waals surface area contributed by atoms with Crippen molar-refractivity contribution in [3.8, 4) is 6.07 Å². The van der Waals surface area contributed by atoms with Crippen LogP contribution < -0.4 is 21.4 Å². The molecule has 0 aliphatic carbocycles. The molecule has 0 aliphatic heterocycles. The number of carbonyl (C=O) groups excluding carboxylic acids is 1. The van der Waals surface area contributed by atoms with Crippen molar-refractivity contribution in [1.82, 2.24) is 9.38 Å². The van der Waals surface area contributed by atoms with Crippen molar-refractivity contribution in [1.29, 1.82) is 5.26 Å². The van der Waals surface area contributed by atoms with Crippen LogP contribution in [0.25, 0.3) is 22.9 Å². The molecule has 7 heteroatoms. The van der Waals surface area contributed by atoms with Gasteiger partial charge in [-0.15, -0.1) is 0 Å². The van der Waals surface area contributed by atoms with Gasteiger partial charge in [-0.1, -0.05) is 6.07 Å². The van der Waals surface area contributed by atoms with E-state index in [0.29, 0.717) is 38.7 Å². The Labute approximate surface area is 172 Å². The first-order valence-electron chi connectivity index (χ1n) is 9.39. The first-order valence-corrected chi connectivity index (χ1v) is 9.39. The summed E-state index contributed by atoms with van der Waals surface area (Å²) in [6.45, 7) is 5.15. The normalized spacial score (nSPS) is 11.6. The van der Waals surface area contributed by atoms with E-state index < -0.39 is 0 Å². The average molecular weight is 397 g/mol. The molecular weight excluding hydrogens is 378 g/mol. The molecule has 148 valence electrons. The number of imidazole rings is 1. The molecule has 0 aliphatic rings. The number of fused-ring (bicyclic) bond motifs is 3. The zero-order valence-corrected chi connectivity index (χ0v) is 16.8. The minimum atomic E-state index is -0.241. The number of nitrogens with one attached hydrogen (secondary N) is 2. The highest BCUT2D eigenvalue weighted by Crippen LogP contribution is 2.19. The molecule has 0 bridgehead atoms. The fourth-order valence-corrected chi connectivity index (χ4v) is 3.46. The second-order valence-electron chi connectivity index (χ2n) is 7.14. The number of rotatable bonds is 3. The van der Waals surface area contributed by atoms with Crippen LogP contribution in [-0.4, -0.2) is 15.3 Å². The van der Waals surface area contributed by atoms with E-state index in [2.05, 4.69) is 21.7 Å². The second-order valence-corrected chi connectivity index (χ2v) is 7.14. The third kappa shape index (κ3) is 3.25. The lowest BCUT2D eigenvalue weighted by molar-refractivity contribution is -0.114. The van der Waals surface area contributed by atoms with Gasteiger partial charge in [0, 0.05) is 24.5 Å². The predicted octanol–water partition coefficient (Wildman–Crippen LogP) is 2.86. The molecule has 4 rings (SSSR count). The van der Waals surface area contributed by atoms with Gasteiger partial charge in [-0.05, 0) is 61.4 Å². The Morgan fingerprint density at radius 2 is 1.83 bits per heavy atom. The third-order valence-electron chi connectivity index (χ3n) is 4.95. The first kappa shape index (κ1) is 19.2. The van der Waals surface area contributed by atoms with E-state index in [4.69, 9.17) is 0 Å². The van der Waals surface area contributed by atoms with Crippen molar-refractivity contribution < 1.29 is 4.79 Å². The second kappa shape index (κ2) is 7.33. The van der Waals surface area contributed by atoms with Crippen molar-refractivity contribution in [3.63, 3.8) is 0 Å². The van der Waals surface area contributed by atoms with Crippen LogP contribution in [0.2, 0.25) is 0 Å². The predicted molar refractivity (Wildman–Crippen MR) is 117 cm³/mol. The van der Waals surface area contributed by atoms with Crippen molar-refractivity contribution in [3.05, 3.63) is 74.7 Å². The molecule has 0 radical (unpaired) electrons. The lowest BCUT2D eigenvalue weighted by atomic mass is 10.1. The van der Waals surface area contributed by atoms with Gasteiger partial charge < -0.3 is 10.6 Å². The summed E-state index contributed by atoms with van der Waals surface area (Å²) < 4.78 is 1.49. The number of hydrogen-bond acceptors (Lipinski definition) is 5. The molecule has 0 spiro atoms. The van der Waals surface area contributed by atoms with E-state index in [-0.39, 0.29) is 11.5 Å². The quantitative estimate of drug-likeness (QED) is 0.554. The van der Waals surface area contributed by atoms with Gasteiger partial charge in [0.25, 0.3) is 5.56 Å². The maximum absolute atomic E-state index is 13.3. The van der Waals surface area contributed by atoms with Crippen LogP contribution in [-0.2, 0) is 4.79 Å². The van der Waals surface area contributed by atoms with Crippen LogP contribution in [0.15, 0.2) is 47.3 Å². The van der Waals surface area contributed by atoms with E-state index in [9.17, 15) is 14.9 Å². The number of carbonyl (C=O) groups is 1. The van der Waals surface area contributed by atoms with Crippen LogP contribution in [0.5, 0.6) is 0 Å². The highest BCUT2D eigenvalue weighted by Gasteiger charge is 2.16. The number of aromatic nitrogens is 2. The number of nitriles is 1. The molecule has 7 nitrogen and oxygen atoms in total. The number of benzene rings is 2. The summed E-state index contributed by atoms with van der Waals surface area (Å²) in [4.78, 5) is 28.9. The molecule has 30 heavy (non-hydrogen) atoms. The molecule has 2 aromatic carbocycles. The number of hydrogen-bond donors (Lipinski definition) is 2. The van der Waals surface area contributed by atoms with Crippen molar-refractivity contribution in [2.45, 2.75) is 20.8 Å². The lowest BCUT2D eigenvalue weighted by Gasteiger charge is -2.06. The molecule has 4 aromatic rings. The van der Waals surface area contributed by atoms with Crippen LogP contribution in [0.1, 0.15) is 23.6 Å². The van der Waals surface area contributed by atoms with Crippen LogP contribution >= 0.6 is 0 Å². The summed E-state index contributed by atoms with van der Waals surface area (Å²) in [5, 5.41) is 15.9. The standard InChI is InChI=1S/C23H19N5O2/c1-13-4-9-21-20(10-13)27-22-18(11-24)14(2)19(23(30)28(21)22)12-25-16-5-7-17(8-6-16)26-15(3)29/h4-10,12,25H,1-3H3,(H,26,29)/b19-12+. The molecule has 0 saturated carbocycles. The molecular formula is C23H19N5O2. The van der Waals surface area contributed by atoms with E-state index in [1.165, 1.54) is 11.3 Å². The maximum Gasteiger partial charge on any atom is 0.265 e. The molecule has 2 aromatic heterocycles. The summed E-state index contributed by atoms with van der Waals surface area (Å²) in [6, 6.07) is 15.0. The van der Waals surface area contributed by atoms with Gasteiger partial charge in [-0.3, -0.25) is 14.0 Å². The Morgan fingerprint density at radius 1 is 1.13 bits per heavy atom. The largest absolute Gasteiger partial charge is 0.361 e. The fourth-order valence-electron chi connectivity index (χ4n) is 3.46. The Hall–Kier alpha value is -4.18. The van der Waals surface area contributed by atoms with Gasteiger partial charge in [0.2, 0.25) is 5.91 Å². The number of anilines is 2.